The molecular formula is C11H11BrClN5. The topological polar surface area (TPSA) is 89.0 Å². The molecule has 0 amide bonds. The van der Waals surface area contributed by atoms with Gasteiger partial charge in [0.2, 0.25) is 0 Å². The van der Waals surface area contributed by atoms with Gasteiger partial charge in [-0.05, 0) is 46.3 Å². The summed E-state index contributed by atoms with van der Waals surface area (Å²) in [7, 11) is 0. The number of aromatic nitrogens is 1. The quantitative estimate of drug-likeness (QED) is 0.650. The van der Waals surface area contributed by atoms with Crippen LogP contribution in [0.3, 0.4) is 0 Å². The van der Waals surface area contributed by atoms with Gasteiger partial charge in [-0.25, -0.2) is 4.98 Å². The van der Waals surface area contributed by atoms with Crippen molar-refractivity contribution in [3.05, 3.63) is 39.8 Å². The number of pyridine rings is 1. The summed E-state index contributed by atoms with van der Waals surface area (Å²) >= 11 is 9.16. The van der Waals surface area contributed by atoms with Crippen LogP contribution in [0, 0.1) is 0 Å². The lowest BCUT2D eigenvalue weighted by molar-refractivity contribution is 1.30. The Hall–Kier alpha value is -1.66. The summed E-state index contributed by atoms with van der Waals surface area (Å²) in [5, 5.41) is 0.676. The van der Waals surface area contributed by atoms with Crippen molar-refractivity contribution >= 4 is 50.5 Å². The van der Waals surface area contributed by atoms with Gasteiger partial charge in [0.05, 0.1) is 5.69 Å². The summed E-state index contributed by atoms with van der Waals surface area (Å²) in [6.07, 6.45) is 0. The van der Waals surface area contributed by atoms with E-state index in [0.717, 1.165) is 10.2 Å². The maximum atomic E-state index is 5.80. The Balaban J connectivity index is 2.13. The van der Waals surface area contributed by atoms with Gasteiger partial charge in [0.1, 0.15) is 11.5 Å². The van der Waals surface area contributed by atoms with E-state index in [1.807, 2.05) is 12.1 Å². The van der Waals surface area contributed by atoms with Gasteiger partial charge in [0, 0.05) is 9.50 Å². The number of halogens is 2. The van der Waals surface area contributed by atoms with Crippen LogP contribution in [0.15, 0.2) is 34.8 Å². The fraction of sp³-hybridized carbons (Fsp3) is 0. The molecule has 6 N–H and O–H groups in total. The first-order valence-corrected chi connectivity index (χ1v) is 6.22. The number of nitrogens with two attached hydrogens (primary N) is 2. The number of nitrogens with one attached hydrogen (secondary N) is 2. The van der Waals surface area contributed by atoms with E-state index in [-0.39, 0.29) is 0 Å². The van der Waals surface area contributed by atoms with Gasteiger partial charge >= 0.3 is 0 Å². The monoisotopic (exact) mass is 327 g/mol. The predicted octanol–water partition coefficient (Wildman–Crippen LogP) is 3.10. The fourth-order valence-electron chi connectivity index (χ4n) is 1.34. The summed E-state index contributed by atoms with van der Waals surface area (Å²) in [6, 6.07) is 8.91. The highest BCUT2D eigenvalue weighted by Crippen LogP contribution is 2.29. The normalized spacial score (nSPS) is 10.1. The van der Waals surface area contributed by atoms with E-state index < -0.39 is 0 Å². The predicted molar refractivity (Wildman–Crippen MR) is 79.5 cm³/mol. The maximum absolute atomic E-state index is 5.80. The van der Waals surface area contributed by atoms with E-state index in [2.05, 4.69) is 31.8 Å². The molecule has 0 radical (unpaired) electrons. The molecule has 0 unspecified atom stereocenters. The summed E-state index contributed by atoms with van der Waals surface area (Å²) in [5.74, 6) is 0.666. The minimum absolute atomic E-state index is 0.309. The molecule has 0 aliphatic heterocycles. The van der Waals surface area contributed by atoms with E-state index in [9.17, 15) is 0 Å². The zero-order valence-corrected chi connectivity index (χ0v) is 11.6. The Labute approximate surface area is 118 Å². The highest BCUT2D eigenvalue weighted by molar-refractivity contribution is 9.10. The second-order valence-corrected chi connectivity index (χ2v) is 4.84. The van der Waals surface area contributed by atoms with E-state index in [4.69, 9.17) is 23.1 Å². The SMILES string of the molecule is Nc1cc(Br)c(NNc2ccc(Cl)cc2)c(N)n1. The molecule has 2 aromatic rings. The lowest BCUT2D eigenvalue weighted by Gasteiger charge is -2.13. The first-order valence-electron chi connectivity index (χ1n) is 5.05. The van der Waals surface area contributed by atoms with Crippen LogP contribution in [0.2, 0.25) is 5.02 Å². The summed E-state index contributed by atoms with van der Waals surface area (Å²) in [5.41, 5.74) is 18.8. The zero-order chi connectivity index (χ0) is 13.1. The molecule has 0 saturated heterocycles. The molecule has 1 heterocycles. The lowest BCUT2D eigenvalue weighted by Crippen LogP contribution is -2.12. The van der Waals surface area contributed by atoms with E-state index >= 15 is 0 Å². The van der Waals surface area contributed by atoms with Gasteiger partial charge in [-0.15, -0.1) is 0 Å². The highest BCUT2D eigenvalue weighted by Gasteiger charge is 2.06. The van der Waals surface area contributed by atoms with Gasteiger partial charge in [0.15, 0.2) is 5.82 Å². The molecule has 0 atom stereocenters. The number of nitrogen functional groups attached to an aromatic ring is 2. The average molecular weight is 329 g/mol. The summed E-state index contributed by atoms with van der Waals surface area (Å²) in [6.45, 7) is 0. The number of nitrogens with zero attached hydrogens (tertiary/aromatic N) is 1. The zero-order valence-electron chi connectivity index (χ0n) is 9.24. The largest absolute Gasteiger partial charge is 0.384 e. The molecule has 0 saturated carbocycles. The van der Waals surface area contributed by atoms with E-state index in [1.54, 1.807) is 18.2 Å². The highest BCUT2D eigenvalue weighted by atomic mass is 79.9. The van der Waals surface area contributed by atoms with Crippen LogP contribution in [0.25, 0.3) is 0 Å². The van der Waals surface area contributed by atoms with Gasteiger partial charge in [-0.1, -0.05) is 11.6 Å². The van der Waals surface area contributed by atoms with Crippen molar-refractivity contribution in [2.75, 3.05) is 22.3 Å². The number of hydrogen-bond acceptors (Lipinski definition) is 5. The lowest BCUT2D eigenvalue weighted by atomic mass is 10.3. The number of benzene rings is 1. The second-order valence-electron chi connectivity index (χ2n) is 3.55. The molecule has 0 fully saturated rings. The third-order valence-corrected chi connectivity index (χ3v) is 3.07. The van der Waals surface area contributed by atoms with Crippen LogP contribution < -0.4 is 22.3 Å². The Morgan fingerprint density at radius 3 is 2.39 bits per heavy atom. The van der Waals surface area contributed by atoms with Crippen molar-refractivity contribution in [1.82, 2.24) is 4.98 Å². The van der Waals surface area contributed by atoms with Crippen LogP contribution in [-0.4, -0.2) is 4.98 Å². The minimum atomic E-state index is 0.309. The molecule has 1 aromatic carbocycles. The van der Waals surface area contributed by atoms with Crippen LogP contribution in [0.4, 0.5) is 23.0 Å². The molecule has 1 aromatic heterocycles. The second kappa shape index (κ2) is 5.32. The Morgan fingerprint density at radius 2 is 1.78 bits per heavy atom. The molecular weight excluding hydrogens is 318 g/mol. The number of hydrogen-bond donors (Lipinski definition) is 4. The molecule has 7 heteroatoms. The van der Waals surface area contributed by atoms with Crippen molar-refractivity contribution in [2.24, 2.45) is 0 Å². The van der Waals surface area contributed by atoms with Crippen molar-refractivity contribution < 1.29 is 0 Å². The van der Waals surface area contributed by atoms with Gasteiger partial charge in [0.25, 0.3) is 0 Å². The molecule has 0 aliphatic rings. The van der Waals surface area contributed by atoms with Gasteiger partial charge < -0.3 is 16.9 Å². The third-order valence-electron chi connectivity index (χ3n) is 2.20. The number of hydrazine groups is 1. The Morgan fingerprint density at radius 1 is 1.11 bits per heavy atom. The third kappa shape index (κ3) is 2.96. The molecule has 5 nitrogen and oxygen atoms in total. The van der Waals surface area contributed by atoms with Crippen molar-refractivity contribution in [3.8, 4) is 0 Å². The fourth-order valence-corrected chi connectivity index (χ4v) is 2.01. The first kappa shape index (κ1) is 12.8. The van der Waals surface area contributed by atoms with Crippen molar-refractivity contribution in [2.45, 2.75) is 0 Å². The van der Waals surface area contributed by atoms with Gasteiger partial charge in [-0.2, -0.15) is 0 Å². The number of rotatable bonds is 3. The molecule has 0 spiro atoms. The van der Waals surface area contributed by atoms with Crippen LogP contribution in [0.5, 0.6) is 0 Å². The molecule has 94 valence electrons. The standard InChI is InChI=1S/C11H11BrClN5/c12-8-5-9(14)16-11(15)10(8)18-17-7-3-1-6(13)2-4-7/h1-5,17-18H,(H4,14,15,16). The average Bonchev–Trinajstić information content (AvgIpc) is 2.30. The molecule has 0 aliphatic carbocycles. The minimum Gasteiger partial charge on any atom is -0.384 e. The van der Waals surface area contributed by atoms with Crippen molar-refractivity contribution in [1.29, 1.82) is 0 Å². The summed E-state index contributed by atoms with van der Waals surface area (Å²) < 4.78 is 0.731. The van der Waals surface area contributed by atoms with Crippen molar-refractivity contribution in [3.63, 3.8) is 0 Å². The Bertz CT molecular complexity index is 535. The molecule has 18 heavy (non-hydrogen) atoms. The van der Waals surface area contributed by atoms with Crippen LogP contribution in [-0.2, 0) is 0 Å². The van der Waals surface area contributed by atoms with E-state index in [0.29, 0.717) is 22.3 Å². The number of anilines is 4. The van der Waals surface area contributed by atoms with Gasteiger partial charge in [-0.3, -0.25) is 5.43 Å². The first-order chi connectivity index (χ1) is 8.56. The summed E-state index contributed by atoms with van der Waals surface area (Å²) in [4.78, 5) is 3.96. The molecule has 2 rings (SSSR count). The maximum Gasteiger partial charge on any atom is 0.152 e. The van der Waals surface area contributed by atoms with Crippen LogP contribution in [0.1, 0.15) is 0 Å². The van der Waals surface area contributed by atoms with E-state index in [1.165, 1.54) is 0 Å². The molecule has 0 bridgehead atoms. The van der Waals surface area contributed by atoms with Crippen LogP contribution >= 0.6 is 27.5 Å². The smallest absolute Gasteiger partial charge is 0.152 e. The Kier molecular flexibility index (Phi) is 3.78.